The molecule has 1 rings (SSSR count). The van der Waals surface area contributed by atoms with E-state index in [0.717, 1.165) is 13.1 Å². The number of carbonyl (C=O) groups excluding carboxylic acids is 1. The molecule has 1 aliphatic rings. The molecule has 88 valence electrons. The van der Waals surface area contributed by atoms with Crippen LogP contribution in [-0.4, -0.2) is 38.8 Å². The van der Waals surface area contributed by atoms with E-state index in [0.29, 0.717) is 30.9 Å². The minimum Gasteiger partial charge on any atom is -0.384 e. The van der Waals surface area contributed by atoms with E-state index in [9.17, 15) is 4.79 Å². The van der Waals surface area contributed by atoms with Crippen LogP contribution in [0.5, 0.6) is 0 Å². The van der Waals surface area contributed by atoms with Crippen molar-refractivity contribution in [1.82, 2.24) is 10.6 Å². The summed E-state index contributed by atoms with van der Waals surface area (Å²) >= 11 is 0. The van der Waals surface area contributed by atoms with Crippen molar-refractivity contribution >= 4 is 5.91 Å². The summed E-state index contributed by atoms with van der Waals surface area (Å²) in [6, 6.07) is 0.298. The minimum absolute atomic E-state index is 0.139. The molecular formula is C11H22N2O2. The number of ether oxygens (including phenoxy) is 1. The van der Waals surface area contributed by atoms with E-state index >= 15 is 0 Å². The fraction of sp³-hybridized carbons (Fsp3) is 0.909. The number of methoxy groups -OCH3 is 1. The van der Waals surface area contributed by atoms with Crippen molar-refractivity contribution in [1.29, 1.82) is 0 Å². The van der Waals surface area contributed by atoms with Gasteiger partial charge in [-0.2, -0.15) is 0 Å². The molecule has 0 spiro atoms. The molecule has 1 amide bonds. The van der Waals surface area contributed by atoms with Crippen LogP contribution in [0.3, 0.4) is 0 Å². The standard InChI is InChI=1S/C11H22N2O2/c1-8(7-15-3)4-11(14)13-10-6-12-5-9(10)2/h8-10,12H,4-7H2,1-3H3,(H,13,14). The van der Waals surface area contributed by atoms with Gasteiger partial charge in [-0.05, 0) is 18.4 Å². The number of rotatable bonds is 5. The highest BCUT2D eigenvalue weighted by Gasteiger charge is 2.24. The Kier molecular flexibility index (Phi) is 5.05. The van der Waals surface area contributed by atoms with Gasteiger partial charge >= 0.3 is 0 Å². The lowest BCUT2D eigenvalue weighted by Crippen LogP contribution is -2.40. The summed E-state index contributed by atoms with van der Waals surface area (Å²) in [5, 5.41) is 6.33. The van der Waals surface area contributed by atoms with Gasteiger partial charge in [0.15, 0.2) is 0 Å². The minimum atomic E-state index is 0.139. The van der Waals surface area contributed by atoms with Crippen LogP contribution in [0.2, 0.25) is 0 Å². The molecule has 2 N–H and O–H groups in total. The van der Waals surface area contributed by atoms with Gasteiger partial charge in [-0.3, -0.25) is 4.79 Å². The normalized spacial score (nSPS) is 27.7. The number of amides is 1. The predicted molar refractivity (Wildman–Crippen MR) is 59.6 cm³/mol. The van der Waals surface area contributed by atoms with E-state index in [1.807, 2.05) is 6.92 Å². The molecule has 4 nitrogen and oxygen atoms in total. The van der Waals surface area contributed by atoms with Gasteiger partial charge in [0.05, 0.1) is 0 Å². The first-order valence-corrected chi connectivity index (χ1v) is 5.62. The Labute approximate surface area is 91.8 Å². The van der Waals surface area contributed by atoms with Gasteiger partial charge in [0, 0.05) is 32.7 Å². The molecule has 3 unspecified atom stereocenters. The molecule has 0 aromatic heterocycles. The van der Waals surface area contributed by atoms with Crippen molar-refractivity contribution in [2.75, 3.05) is 26.8 Å². The summed E-state index contributed by atoms with van der Waals surface area (Å²) in [5.74, 6) is 0.964. The maximum Gasteiger partial charge on any atom is 0.220 e. The van der Waals surface area contributed by atoms with E-state index in [1.54, 1.807) is 7.11 Å². The van der Waals surface area contributed by atoms with Crippen LogP contribution < -0.4 is 10.6 Å². The Morgan fingerprint density at radius 3 is 2.87 bits per heavy atom. The van der Waals surface area contributed by atoms with Gasteiger partial charge in [-0.25, -0.2) is 0 Å². The average Bonchev–Trinajstić information content (AvgIpc) is 2.52. The second-order valence-electron chi connectivity index (χ2n) is 4.57. The maximum atomic E-state index is 11.6. The van der Waals surface area contributed by atoms with Crippen molar-refractivity contribution in [2.24, 2.45) is 11.8 Å². The van der Waals surface area contributed by atoms with Gasteiger partial charge in [0.25, 0.3) is 0 Å². The van der Waals surface area contributed by atoms with Gasteiger partial charge < -0.3 is 15.4 Å². The summed E-state index contributed by atoms with van der Waals surface area (Å²) in [6.07, 6.45) is 0.553. The Morgan fingerprint density at radius 1 is 1.60 bits per heavy atom. The molecule has 4 heteroatoms. The van der Waals surface area contributed by atoms with Crippen molar-refractivity contribution in [3.63, 3.8) is 0 Å². The SMILES string of the molecule is COCC(C)CC(=O)NC1CNCC1C. The van der Waals surface area contributed by atoms with Gasteiger partial charge in [0.1, 0.15) is 0 Å². The van der Waals surface area contributed by atoms with E-state index in [1.165, 1.54) is 0 Å². The van der Waals surface area contributed by atoms with Crippen LogP contribution in [0.15, 0.2) is 0 Å². The van der Waals surface area contributed by atoms with Crippen LogP contribution in [0.4, 0.5) is 0 Å². The smallest absolute Gasteiger partial charge is 0.220 e. The third-order valence-electron chi connectivity index (χ3n) is 2.85. The van der Waals surface area contributed by atoms with Crippen LogP contribution in [0.25, 0.3) is 0 Å². The molecule has 15 heavy (non-hydrogen) atoms. The second kappa shape index (κ2) is 6.08. The maximum absolute atomic E-state index is 11.6. The molecule has 1 aliphatic heterocycles. The highest BCUT2D eigenvalue weighted by atomic mass is 16.5. The summed E-state index contributed by atoms with van der Waals surface area (Å²) in [4.78, 5) is 11.6. The zero-order valence-electron chi connectivity index (χ0n) is 9.88. The number of hydrogen-bond donors (Lipinski definition) is 2. The molecule has 0 aromatic rings. The molecule has 0 aliphatic carbocycles. The lowest BCUT2D eigenvalue weighted by molar-refractivity contribution is -0.123. The summed E-state index contributed by atoms with van der Waals surface area (Å²) in [6.45, 7) is 6.72. The molecule has 0 radical (unpaired) electrons. The average molecular weight is 214 g/mol. The molecule has 0 saturated carbocycles. The third-order valence-corrected chi connectivity index (χ3v) is 2.85. The van der Waals surface area contributed by atoms with E-state index < -0.39 is 0 Å². The Balaban J connectivity index is 2.23. The Morgan fingerprint density at radius 2 is 2.33 bits per heavy atom. The monoisotopic (exact) mass is 214 g/mol. The zero-order chi connectivity index (χ0) is 11.3. The molecular weight excluding hydrogens is 192 g/mol. The van der Waals surface area contributed by atoms with E-state index in [2.05, 4.69) is 17.6 Å². The fourth-order valence-electron chi connectivity index (χ4n) is 1.93. The number of nitrogens with one attached hydrogen (secondary N) is 2. The number of hydrogen-bond acceptors (Lipinski definition) is 3. The first-order chi connectivity index (χ1) is 7.13. The van der Waals surface area contributed by atoms with Crippen LogP contribution in [0, 0.1) is 11.8 Å². The molecule has 3 atom stereocenters. The van der Waals surface area contributed by atoms with Crippen molar-refractivity contribution in [3.05, 3.63) is 0 Å². The molecule has 1 saturated heterocycles. The Hall–Kier alpha value is -0.610. The predicted octanol–water partition coefficient (Wildman–Crippen LogP) is 0.383. The van der Waals surface area contributed by atoms with E-state index in [-0.39, 0.29) is 5.91 Å². The first kappa shape index (κ1) is 12.5. The van der Waals surface area contributed by atoms with Crippen molar-refractivity contribution in [2.45, 2.75) is 26.3 Å². The topological polar surface area (TPSA) is 50.4 Å². The molecule has 1 fully saturated rings. The van der Waals surface area contributed by atoms with Crippen LogP contribution >= 0.6 is 0 Å². The van der Waals surface area contributed by atoms with Crippen LogP contribution in [-0.2, 0) is 9.53 Å². The fourth-order valence-corrected chi connectivity index (χ4v) is 1.93. The third kappa shape index (κ3) is 4.18. The quantitative estimate of drug-likeness (QED) is 0.696. The zero-order valence-corrected chi connectivity index (χ0v) is 9.88. The van der Waals surface area contributed by atoms with E-state index in [4.69, 9.17) is 4.74 Å². The van der Waals surface area contributed by atoms with Crippen molar-refractivity contribution < 1.29 is 9.53 Å². The number of carbonyl (C=O) groups is 1. The van der Waals surface area contributed by atoms with Crippen molar-refractivity contribution in [3.8, 4) is 0 Å². The molecule has 1 heterocycles. The second-order valence-corrected chi connectivity index (χ2v) is 4.57. The molecule has 0 aromatic carbocycles. The molecule has 0 bridgehead atoms. The lowest BCUT2D eigenvalue weighted by atomic mass is 10.0. The van der Waals surface area contributed by atoms with Gasteiger partial charge in [-0.15, -0.1) is 0 Å². The Bertz CT molecular complexity index is 209. The highest BCUT2D eigenvalue weighted by molar-refractivity contribution is 5.76. The largest absolute Gasteiger partial charge is 0.384 e. The summed E-state index contributed by atoms with van der Waals surface area (Å²) in [5.41, 5.74) is 0. The lowest BCUT2D eigenvalue weighted by Gasteiger charge is -2.17. The van der Waals surface area contributed by atoms with Gasteiger partial charge in [-0.1, -0.05) is 13.8 Å². The first-order valence-electron chi connectivity index (χ1n) is 5.62. The highest BCUT2D eigenvalue weighted by Crippen LogP contribution is 2.09. The summed E-state index contributed by atoms with van der Waals surface area (Å²) < 4.78 is 5.00. The van der Waals surface area contributed by atoms with Gasteiger partial charge in [0.2, 0.25) is 5.91 Å². The summed E-state index contributed by atoms with van der Waals surface area (Å²) in [7, 11) is 1.66. The van der Waals surface area contributed by atoms with Crippen LogP contribution in [0.1, 0.15) is 20.3 Å².